The van der Waals surface area contributed by atoms with Gasteiger partial charge in [-0.1, -0.05) is 25.1 Å². The summed E-state index contributed by atoms with van der Waals surface area (Å²) in [4.78, 5) is 27.3. The topological polar surface area (TPSA) is 88.2 Å². The molecule has 2 amide bonds. The molecule has 0 radical (unpaired) electrons. The number of hydrogen-bond acceptors (Lipinski definition) is 5. The van der Waals surface area contributed by atoms with Gasteiger partial charge >= 0.3 is 0 Å². The lowest BCUT2D eigenvalue weighted by Crippen LogP contribution is -2.43. The maximum atomic E-state index is 13.4. The molecule has 1 aliphatic heterocycles. The number of carbonyl (C=O) groups is 2. The third-order valence-electron chi connectivity index (χ3n) is 6.16. The molecule has 0 atom stereocenters. The van der Waals surface area contributed by atoms with Crippen LogP contribution in [0.3, 0.4) is 0 Å². The van der Waals surface area contributed by atoms with Crippen LogP contribution in [0.15, 0.2) is 71.4 Å². The Kier molecular flexibility index (Phi) is 7.40. The van der Waals surface area contributed by atoms with Gasteiger partial charge in [-0.05, 0) is 81.7 Å². The molecule has 1 aliphatic rings. The Balaban J connectivity index is 1.91. The smallest absolute Gasteiger partial charge is 0.271 e. The summed E-state index contributed by atoms with van der Waals surface area (Å²) in [5, 5.41) is 14.6. The van der Waals surface area contributed by atoms with Gasteiger partial charge in [0.25, 0.3) is 11.8 Å². The van der Waals surface area contributed by atoms with E-state index >= 15 is 0 Å². The lowest BCUT2D eigenvalue weighted by atomic mass is 9.92. The molecule has 7 heteroatoms. The van der Waals surface area contributed by atoms with Crippen LogP contribution in [0.5, 0.6) is 5.75 Å². The van der Waals surface area contributed by atoms with Gasteiger partial charge in [0.1, 0.15) is 23.1 Å². The molecule has 4 rings (SSSR count). The van der Waals surface area contributed by atoms with E-state index in [2.05, 4.69) is 0 Å². The molecular formula is C30H30N4O3. The van der Waals surface area contributed by atoms with Crippen LogP contribution < -0.4 is 4.74 Å². The molecule has 0 N–H and O–H groups in total. The van der Waals surface area contributed by atoms with Crippen LogP contribution in [-0.2, 0) is 9.59 Å². The first kappa shape index (κ1) is 25.6. The summed E-state index contributed by atoms with van der Waals surface area (Å²) in [5.41, 5.74) is 4.80. The summed E-state index contributed by atoms with van der Waals surface area (Å²) in [6.45, 7) is 9.74. The largest absolute Gasteiger partial charge is 0.491 e. The highest BCUT2D eigenvalue weighted by Crippen LogP contribution is 2.33. The Morgan fingerprint density at radius 3 is 2.43 bits per heavy atom. The van der Waals surface area contributed by atoms with E-state index in [1.54, 1.807) is 17.7 Å². The van der Waals surface area contributed by atoms with Gasteiger partial charge < -0.3 is 4.74 Å². The number of ether oxygens (including phenoxy) is 1. The molecule has 2 heterocycles. The van der Waals surface area contributed by atoms with Crippen molar-refractivity contribution in [3.05, 3.63) is 82.6 Å². The highest BCUT2D eigenvalue weighted by Gasteiger charge is 2.35. The first-order valence-corrected chi connectivity index (χ1v) is 12.4. The molecule has 37 heavy (non-hydrogen) atoms. The monoisotopic (exact) mass is 494 g/mol. The summed E-state index contributed by atoms with van der Waals surface area (Å²) in [5.74, 6) is -0.174. The number of aromatic nitrogens is 2. The average Bonchev–Trinajstić information content (AvgIpc) is 3.28. The molecule has 0 unspecified atom stereocenters. The zero-order valence-electron chi connectivity index (χ0n) is 21.8. The number of amides is 2. The Bertz CT molecular complexity index is 1460. The molecule has 0 saturated heterocycles. The number of hydrogen-bond donors (Lipinski definition) is 0. The van der Waals surface area contributed by atoms with E-state index in [0.717, 1.165) is 27.5 Å². The third kappa shape index (κ3) is 5.10. The fourth-order valence-electron chi connectivity index (χ4n) is 4.37. The minimum atomic E-state index is -0.541. The van der Waals surface area contributed by atoms with Gasteiger partial charge in [0.15, 0.2) is 0 Å². The first-order chi connectivity index (χ1) is 17.7. The van der Waals surface area contributed by atoms with Gasteiger partial charge in [0, 0.05) is 29.4 Å². The van der Waals surface area contributed by atoms with Gasteiger partial charge in [-0.3, -0.25) is 14.5 Å². The van der Waals surface area contributed by atoms with E-state index in [4.69, 9.17) is 9.84 Å². The van der Waals surface area contributed by atoms with Crippen LogP contribution >= 0.6 is 0 Å². The summed E-state index contributed by atoms with van der Waals surface area (Å²) >= 11 is 0. The number of carbonyl (C=O) groups excluding carboxylic acids is 2. The molecule has 0 fully saturated rings. The standard InChI is InChI=1S/C30H30N4O3/c1-6-14-33-29(35)26(21(5)27(17-31)30(33)36)16-22-18-34(23-10-8-7-9-11-23)32-28(22)25-13-12-24(15-20(25)4)37-19(2)3/h7-13,15-16,18-19H,6,14H2,1-5H3/b26-16+. The molecular weight excluding hydrogens is 464 g/mol. The van der Waals surface area contributed by atoms with Crippen molar-refractivity contribution in [3.8, 4) is 28.8 Å². The molecule has 0 bridgehead atoms. The lowest BCUT2D eigenvalue weighted by Gasteiger charge is -2.27. The van der Waals surface area contributed by atoms with Crippen molar-refractivity contribution in [1.29, 1.82) is 5.26 Å². The Hall–Kier alpha value is -4.44. The minimum absolute atomic E-state index is 0.0114. The number of nitrogens with zero attached hydrogens (tertiary/aromatic N) is 4. The highest BCUT2D eigenvalue weighted by molar-refractivity contribution is 6.19. The Labute approximate surface area is 217 Å². The predicted molar refractivity (Wildman–Crippen MR) is 143 cm³/mol. The zero-order chi connectivity index (χ0) is 26.7. The van der Waals surface area contributed by atoms with Crippen molar-refractivity contribution in [2.45, 2.75) is 47.1 Å². The van der Waals surface area contributed by atoms with Gasteiger partial charge in [0.05, 0.1) is 11.8 Å². The average molecular weight is 495 g/mol. The number of imide groups is 1. The first-order valence-electron chi connectivity index (χ1n) is 12.4. The van der Waals surface area contributed by atoms with E-state index in [1.165, 1.54) is 0 Å². The van der Waals surface area contributed by atoms with Crippen LogP contribution in [0.1, 0.15) is 45.2 Å². The second kappa shape index (κ2) is 10.7. The zero-order valence-corrected chi connectivity index (χ0v) is 21.8. The van der Waals surface area contributed by atoms with Crippen molar-refractivity contribution in [1.82, 2.24) is 14.7 Å². The number of nitriles is 1. The molecule has 3 aromatic rings. The van der Waals surface area contributed by atoms with Crippen molar-refractivity contribution >= 4 is 17.9 Å². The third-order valence-corrected chi connectivity index (χ3v) is 6.16. The molecule has 2 aromatic carbocycles. The maximum Gasteiger partial charge on any atom is 0.271 e. The Morgan fingerprint density at radius 1 is 1.08 bits per heavy atom. The normalized spacial score (nSPS) is 15.1. The molecule has 7 nitrogen and oxygen atoms in total. The fourth-order valence-corrected chi connectivity index (χ4v) is 4.37. The number of rotatable bonds is 7. The van der Waals surface area contributed by atoms with E-state index in [9.17, 15) is 14.9 Å². The van der Waals surface area contributed by atoms with Gasteiger partial charge in [-0.2, -0.15) is 10.4 Å². The van der Waals surface area contributed by atoms with Crippen molar-refractivity contribution in [3.63, 3.8) is 0 Å². The molecule has 0 saturated carbocycles. The van der Waals surface area contributed by atoms with Crippen LogP contribution in [0.2, 0.25) is 0 Å². The van der Waals surface area contributed by atoms with E-state index in [1.807, 2.05) is 88.5 Å². The van der Waals surface area contributed by atoms with Crippen molar-refractivity contribution in [2.75, 3.05) is 6.54 Å². The molecule has 1 aromatic heterocycles. The summed E-state index contributed by atoms with van der Waals surface area (Å²) in [6, 6.07) is 17.5. The summed E-state index contributed by atoms with van der Waals surface area (Å²) in [7, 11) is 0. The summed E-state index contributed by atoms with van der Waals surface area (Å²) in [6.07, 6.45) is 4.26. The van der Waals surface area contributed by atoms with Crippen LogP contribution in [0.25, 0.3) is 23.0 Å². The predicted octanol–water partition coefficient (Wildman–Crippen LogP) is 5.64. The minimum Gasteiger partial charge on any atom is -0.491 e. The van der Waals surface area contributed by atoms with E-state index in [0.29, 0.717) is 28.8 Å². The molecule has 0 spiro atoms. The molecule has 0 aliphatic carbocycles. The van der Waals surface area contributed by atoms with Crippen molar-refractivity contribution < 1.29 is 14.3 Å². The number of para-hydroxylation sites is 1. The van der Waals surface area contributed by atoms with E-state index < -0.39 is 11.8 Å². The SMILES string of the molecule is CCCN1C(=O)C(C#N)=C(C)/C(=C\c2cn(-c3ccccc3)nc2-c2ccc(OC(C)C)cc2C)C1=O. The fraction of sp³-hybridized carbons (Fsp3) is 0.267. The van der Waals surface area contributed by atoms with Gasteiger partial charge in [0.2, 0.25) is 0 Å². The second-order valence-electron chi connectivity index (χ2n) is 9.29. The van der Waals surface area contributed by atoms with E-state index in [-0.39, 0.29) is 18.2 Å². The van der Waals surface area contributed by atoms with Crippen LogP contribution in [0.4, 0.5) is 0 Å². The van der Waals surface area contributed by atoms with Crippen molar-refractivity contribution in [2.24, 2.45) is 0 Å². The van der Waals surface area contributed by atoms with Crippen LogP contribution in [-0.4, -0.2) is 39.1 Å². The number of benzene rings is 2. The van der Waals surface area contributed by atoms with Crippen LogP contribution in [0, 0.1) is 18.3 Å². The Morgan fingerprint density at radius 2 is 1.81 bits per heavy atom. The second-order valence-corrected chi connectivity index (χ2v) is 9.29. The highest BCUT2D eigenvalue weighted by atomic mass is 16.5. The maximum absolute atomic E-state index is 13.4. The van der Waals surface area contributed by atoms with Gasteiger partial charge in [-0.25, -0.2) is 4.68 Å². The lowest BCUT2D eigenvalue weighted by molar-refractivity contribution is -0.140. The molecule has 188 valence electrons. The quantitative estimate of drug-likeness (QED) is 0.313. The van der Waals surface area contributed by atoms with Gasteiger partial charge in [-0.15, -0.1) is 0 Å². The number of aryl methyl sites for hydroxylation is 1. The summed E-state index contributed by atoms with van der Waals surface area (Å²) < 4.78 is 7.62.